The highest BCUT2D eigenvalue weighted by Gasteiger charge is 2.18. The number of anilines is 1. The molecule has 2 aromatic carbocycles. The average Bonchev–Trinajstić information content (AvgIpc) is 3.40. The molecule has 0 spiro atoms. The molecule has 0 saturated carbocycles. The molecule has 3 aromatic heterocycles. The minimum atomic E-state index is -0.532. The van der Waals surface area contributed by atoms with E-state index in [4.69, 9.17) is 4.74 Å². The number of halogens is 2. The molecule has 0 saturated heterocycles. The van der Waals surface area contributed by atoms with Crippen LogP contribution in [0.5, 0.6) is 0 Å². The number of nitrogens with zero attached hydrogens (tertiary/aromatic N) is 3. The lowest BCUT2D eigenvalue weighted by atomic mass is 10.2. The number of benzene rings is 2. The number of hydrogen-bond acceptors (Lipinski definition) is 4. The lowest BCUT2D eigenvalue weighted by Gasteiger charge is -2.12. The number of aromatic nitrogens is 3. The number of amides is 1. The monoisotopic (exact) mass is 474 g/mol. The highest BCUT2D eigenvalue weighted by Crippen LogP contribution is 2.24. The predicted molar refractivity (Wildman–Crippen MR) is 126 cm³/mol. The molecule has 7 nitrogen and oxygen atoms in total. The number of fused-ring (bicyclic) bond motifs is 2. The summed E-state index contributed by atoms with van der Waals surface area (Å²) in [5.41, 5.74) is 2.65. The second-order valence-corrected chi connectivity index (χ2v) is 7.93. The molecular formula is C26H20F2N4O3. The summed E-state index contributed by atoms with van der Waals surface area (Å²) in [6.45, 7) is 2.17. The third-order valence-electron chi connectivity index (χ3n) is 5.53. The number of rotatable bonds is 6. The average molecular weight is 474 g/mol. The van der Waals surface area contributed by atoms with Crippen molar-refractivity contribution in [2.24, 2.45) is 0 Å². The fourth-order valence-corrected chi connectivity index (χ4v) is 3.98. The molecule has 0 unspecified atom stereocenters. The predicted octanol–water partition coefficient (Wildman–Crippen LogP) is 5.04. The number of carbonyl (C=O) groups excluding carboxylic acids is 2. The first kappa shape index (κ1) is 22.3. The topological polar surface area (TPSA) is 77.6 Å². The molecule has 176 valence electrons. The second-order valence-electron chi connectivity index (χ2n) is 7.93. The molecular weight excluding hydrogens is 454 g/mol. The van der Waals surface area contributed by atoms with Crippen LogP contribution in [0, 0.1) is 11.6 Å². The van der Waals surface area contributed by atoms with Gasteiger partial charge in [0.05, 0.1) is 6.61 Å². The molecule has 0 radical (unpaired) electrons. The lowest BCUT2D eigenvalue weighted by Crippen LogP contribution is -2.17. The first-order chi connectivity index (χ1) is 16.9. The molecule has 0 aliphatic rings. The summed E-state index contributed by atoms with van der Waals surface area (Å²) in [6.07, 6.45) is 3.21. The maximum atomic E-state index is 13.9. The van der Waals surface area contributed by atoms with E-state index in [-0.39, 0.29) is 30.4 Å². The minimum absolute atomic E-state index is 0.160. The molecule has 1 amide bonds. The van der Waals surface area contributed by atoms with Gasteiger partial charge in [-0.3, -0.25) is 4.79 Å². The van der Waals surface area contributed by atoms with E-state index in [1.54, 1.807) is 64.7 Å². The molecule has 0 aliphatic carbocycles. The van der Waals surface area contributed by atoms with Gasteiger partial charge in [0.15, 0.2) is 5.69 Å². The normalized spacial score (nSPS) is 11.2. The van der Waals surface area contributed by atoms with Crippen LogP contribution in [0.15, 0.2) is 73.1 Å². The van der Waals surface area contributed by atoms with Gasteiger partial charge in [0.25, 0.3) is 5.91 Å². The second kappa shape index (κ2) is 9.02. The molecule has 9 heteroatoms. The van der Waals surface area contributed by atoms with E-state index in [2.05, 4.69) is 10.3 Å². The zero-order valence-corrected chi connectivity index (χ0v) is 18.7. The van der Waals surface area contributed by atoms with Gasteiger partial charge in [-0.15, -0.1) is 0 Å². The Hall–Kier alpha value is -4.53. The van der Waals surface area contributed by atoms with Crippen molar-refractivity contribution in [2.45, 2.75) is 13.5 Å². The van der Waals surface area contributed by atoms with Crippen molar-refractivity contribution in [3.63, 3.8) is 0 Å². The smallest absolute Gasteiger partial charge is 0.358 e. The molecule has 0 atom stereocenters. The van der Waals surface area contributed by atoms with E-state index in [1.807, 2.05) is 0 Å². The van der Waals surface area contributed by atoms with Crippen LogP contribution in [0.1, 0.15) is 33.5 Å². The Bertz CT molecular complexity index is 1590. The number of ether oxygens (including phenoxy) is 1. The third kappa shape index (κ3) is 4.48. The van der Waals surface area contributed by atoms with E-state index in [1.165, 1.54) is 24.3 Å². The third-order valence-corrected chi connectivity index (χ3v) is 5.53. The number of esters is 1. The summed E-state index contributed by atoms with van der Waals surface area (Å²) in [7, 11) is 0. The summed E-state index contributed by atoms with van der Waals surface area (Å²) in [5.74, 6) is -1.77. The molecule has 0 bridgehead atoms. The fraction of sp³-hybridized carbons (Fsp3) is 0.115. The van der Waals surface area contributed by atoms with Gasteiger partial charge in [-0.25, -0.2) is 18.6 Å². The molecule has 3 heterocycles. The Labute approximate surface area is 198 Å². The van der Waals surface area contributed by atoms with E-state index >= 15 is 0 Å². The van der Waals surface area contributed by atoms with E-state index < -0.39 is 17.7 Å². The lowest BCUT2D eigenvalue weighted by molar-refractivity contribution is 0.0520. The van der Waals surface area contributed by atoms with Gasteiger partial charge in [-0.1, -0.05) is 12.1 Å². The Morgan fingerprint density at radius 3 is 2.66 bits per heavy atom. The van der Waals surface area contributed by atoms with Crippen molar-refractivity contribution in [2.75, 3.05) is 11.9 Å². The van der Waals surface area contributed by atoms with Gasteiger partial charge >= 0.3 is 5.97 Å². The van der Waals surface area contributed by atoms with Crippen molar-refractivity contribution in [1.29, 1.82) is 0 Å². The van der Waals surface area contributed by atoms with Crippen molar-refractivity contribution >= 4 is 34.1 Å². The van der Waals surface area contributed by atoms with E-state index in [0.717, 1.165) is 0 Å². The van der Waals surface area contributed by atoms with E-state index in [0.29, 0.717) is 27.8 Å². The fourth-order valence-electron chi connectivity index (χ4n) is 3.98. The Kier molecular flexibility index (Phi) is 5.74. The van der Waals surface area contributed by atoms with Crippen molar-refractivity contribution in [3.8, 4) is 0 Å². The van der Waals surface area contributed by atoms with Crippen LogP contribution in [0.2, 0.25) is 0 Å². The zero-order chi connectivity index (χ0) is 24.5. The largest absolute Gasteiger partial charge is 0.461 e. The first-order valence-electron chi connectivity index (χ1n) is 10.9. The molecule has 0 fully saturated rings. The molecule has 1 N–H and O–H groups in total. The van der Waals surface area contributed by atoms with Crippen LogP contribution in [0.25, 0.3) is 16.6 Å². The van der Waals surface area contributed by atoms with Gasteiger partial charge < -0.3 is 19.0 Å². The van der Waals surface area contributed by atoms with Crippen LogP contribution in [0.3, 0.4) is 0 Å². The SMILES string of the molecule is CCOC(=O)c1cn2ccc(NC(=O)c3cc4cc(F)ccc4n3Cc3cccc(F)c3)cc2n1. The van der Waals surface area contributed by atoms with Crippen molar-refractivity contribution in [3.05, 3.63) is 102 Å². The van der Waals surface area contributed by atoms with Gasteiger partial charge in [-0.2, -0.15) is 0 Å². The van der Waals surface area contributed by atoms with Gasteiger partial charge in [0, 0.05) is 41.6 Å². The quantitative estimate of drug-likeness (QED) is 0.350. The number of carbonyl (C=O) groups is 2. The summed E-state index contributed by atoms with van der Waals surface area (Å²) in [4.78, 5) is 29.5. The number of imidazole rings is 1. The number of nitrogens with one attached hydrogen (secondary N) is 1. The van der Waals surface area contributed by atoms with Crippen LogP contribution >= 0.6 is 0 Å². The van der Waals surface area contributed by atoms with Crippen LogP contribution in [-0.4, -0.2) is 32.4 Å². The zero-order valence-electron chi connectivity index (χ0n) is 18.7. The molecule has 35 heavy (non-hydrogen) atoms. The number of pyridine rings is 1. The van der Waals surface area contributed by atoms with Crippen molar-refractivity contribution < 1.29 is 23.1 Å². The van der Waals surface area contributed by atoms with Crippen molar-refractivity contribution in [1.82, 2.24) is 14.0 Å². The maximum absolute atomic E-state index is 13.9. The number of hydrogen-bond donors (Lipinski definition) is 1. The van der Waals surface area contributed by atoms with E-state index in [9.17, 15) is 18.4 Å². The Morgan fingerprint density at radius 2 is 1.86 bits per heavy atom. The minimum Gasteiger partial charge on any atom is -0.461 e. The molecule has 5 rings (SSSR count). The summed E-state index contributed by atoms with van der Waals surface area (Å²) in [6, 6.07) is 15.2. The standard InChI is InChI=1S/C26H20F2N4O3/c1-2-35-26(34)21-15-31-9-8-20(13-24(31)30-21)29-25(33)23-12-17-11-19(28)6-7-22(17)32(23)14-16-4-3-5-18(27)10-16/h3-13,15H,2,14H2,1H3,(H,29,33). The van der Waals surface area contributed by atoms with Gasteiger partial charge in [0.1, 0.15) is 23.0 Å². The van der Waals surface area contributed by atoms with Crippen LogP contribution in [0.4, 0.5) is 14.5 Å². The molecule has 0 aliphatic heterocycles. The summed E-state index contributed by atoms with van der Waals surface area (Å²) in [5, 5.41) is 3.38. The Morgan fingerprint density at radius 1 is 1.03 bits per heavy atom. The Balaban J connectivity index is 1.48. The summed E-state index contributed by atoms with van der Waals surface area (Å²) >= 11 is 0. The van der Waals surface area contributed by atoms with Gasteiger partial charge in [-0.05, 0) is 55.0 Å². The van der Waals surface area contributed by atoms with Crippen LogP contribution < -0.4 is 5.32 Å². The maximum Gasteiger partial charge on any atom is 0.358 e. The highest BCUT2D eigenvalue weighted by molar-refractivity contribution is 6.06. The highest BCUT2D eigenvalue weighted by atomic mass is 19.1. The first-order valence-corrected chi connectivity index (χ1v) is 10.9. The molecule has 5 aromatic rings. The summed E-state index contributed by atoms with van der Waals surface area (Å²) < 4.78 is 36.0. The van der Waals surface area contributed by atoms with Gasteiger partial charge in [0.2, 0.25) is 0 Å². The van der Waals surface area contributed by atoms with Crippen LogP contribution in [-0.2, 0) is 11.3 Å².